The van der Waals surface area contributed by atoms with Crippen molar-refractivity contribution < 1.29 is 48.0 Å². The Morgan fingerprint density at radius 2 is 2.00 bits per heavy atom. The second-order valence-electron chi connectivity index (χ2n) is 5.34. The Balaban J connectivity index is 0.00000162. The molecule has 0 spiro atoms. The zero-order chi connectivity index (χ0) is 12.3. The van der Waals surface area contributed by atoms with E-state index in [0.717, 1.165) is 0 Å². The summed E-state index contributed by atoms with van der Waals surface area (Å²) >= 11 is -0.496. The average Bonchev–Trinajstić information content (AvgIpc) is 2.84. The van der Waals surface area contributed by atoms with Crippen LogP contribution in [0.2, 0.25) is 3.12 Å². The van der Waals surface area contributed by atoms with Crippen molar-refractivity contribution >= 4 is 0 Å². The molecule has 1 atom stereocenters. The Kier molecular flexibility index (Phi) is 8.85. The van der Waals surface area contributed by atoms with Gasteiger partial charge in [-0.1, -0.05) is 0 Å². The third-order valence-corrected chi connectivity index (χ3v) is 7.59. The van der Waals surface area contributed by atoms with Crippen LogP contribution >= 0.6 is 0 Å². The van der Waals surface area contributed by atoms with Crippen LogP contribution in [0, 0.1) is 0 Å². The average molecular weight is 376 g/mol. The summed E-state index contributed by atoms with van der Waals surface area (Å²) in [6.07, 6.45) is 17.2. The Morgan fingerprint density at radius 1 is 1.26 bits per heavy atom. The van der Waals surface area contributed by atoms with E-state index in [1.165, 1.54) is 31.3 Å². The van der Waals surface area contributed by atoms with Crippen molar-refractivity contribution in [2.75, 3.05) is 0 Å². The van der Waals surface area contributed by atoms with Gasteiger partial charge in [0.1, 0.15) is 0 Å². The Hall–Kier alpha value is 0.423. The second kappa shape index (κ2) is 8.65. The molecule has 0 bridgehead atoms. The molecule has 0 saturated heterocycles. The molecule has 19 heavy (non-hydrogen) atoms. The first-order valence-electron chi connectivity index (χ1n) is 6.68. The van der Waals surface area contributed by atoms with Gasteiger partial charge in [-0.2, -0.15) is 0 Å². The summed E-state index contributed by atoms with van der Waals surface area (Å²) in [5.74, 6) is 0. The summed E-state index contributed by atoms with van der Waals surface area (Å²) < 4.78 is 2.27. The van der Waals surface area contributed by atoms with E-state index in [0.29, 0.717) is 3.12 Å². The van der Waals surface area contributed by atoms with Crippen molar-refractivity contribution in [3.8, 4) is 0 Å². The van der Waals surface area contributed by atoms with Crippen LogP contribution in [0.25, 0.3) is 0 Å². The first-order chi connectivity index (χ1) is 8.13. The van der Waals surface area contributed by atoms with Crippen molar-refractivity contribution in [3.05, 3.63) is 44.8 Å². The van der Waals surface area contributed by atoms with Crippen molar-refractivity contribution in [2.45, 2.75) is 49.6 Å². The number of hydrogen-bond acceptors (Lipinski definition) is 0. The Bertz CT molecular complexity index is 418. The zero-order valence-electron chi connectivity index (χ0n) is 12.0. The molecular formula is C16H22Cl2Zr. The summed E-state index contributed by atoms with van der Waals surface area (Å²) in [5.41, 5.74) is 3.14. The minimum absolute atomic E-state index is 0. The first-order valence-corrected chi connectivity index (χ1v) is 9.14. The van der Waals surface area contributed by atoms with Crippen LogP contribution in [0.5, 0.6) is 0 Å². The van der Waals surface area contributed by atoms with Crippen LogP contribution in [0.15, 0.2) is 44.8 Å². The van der Waals surface area contributed by atoms with Gasteiger partial charge >= 0.3 is 118 Å². The molecule has 0 radical (unpaired) electrons. The van der Waals surface area contributed by atoms with Gasteiger partial charge in [0, 0.05) is 0 Å². The molecule has 0 aromatic carbocycles. The fourth-order valence-electron chi connectivity index (χ4n) is 2.56. The van der Waals surface area contributed by atoms with E-state index < -0.39 is 23.2 Å². The summed E-state index contributed by atoms with van der Waals surface area (Å²) in [7, 11) is 0. The molecule has 0 amide bonds. The molecule has 0 aromatic rings. The molecule has 104 valence electrons. The molecular weight excluding hydrogens is 354 g/mol. The van der Waals surface area contributed by atoms with Crippen molar-refractivity contribution in [1.29, 1.82) is 0 Å². The summed E-state index contributed by atoms with van der Waals surface area (Å²) in [5, 5.41) is 0. The van der Waals surface area contributed by atoms with E-state index >= 15 is 0 Å². The van der Waals surface area contributed by atoms with Gasteiger partial charge in [0.25, 0.3) is 0 Å². The molecule has 2 aliphatic rings. The molecule has 0 fully saturated rings. The fourth-order valence-corrected chi connectivity index (χ4v) is 6.75. The van der Waals surface area contributed by atoms with E-state index in [1.54, 1.807) is 5.57 Å². The molecule has 0 aromatic heterocycles. The predicted octanol–water partition coefficient (Wildman–Crippen LogP) is -0.824. The molecule has 0 aliphatic heterocycles. The maximum Gasteiger partial charge on any atom is -1.00 e. The molecule has 3 heteroatoms. The van der Waals surface area contributed by atoms with Crippen LogP contribution in [0.3, 0.4) is 0 Å². The molecule has 1 unspecified atom stereocenters. The van der Waals surface area contributed by atoms with Crippen molar-refractivity contribution in [2.24, 2.45) is 0 Å². The van der Waals surface area contributed by atoms with Gasteiger partial charge in [0.2, 0.25) is 0 Å². The molecule has 0 heterocycles. The number of rotatable bonds is 5. The fraction of sp³-hybridized carbons (Fsp3) is 0.500. The zero-order valence-corrected chi connectivity index (χ0v) is 15.9. The molecule has 2 rings (SSSR count). The van der Waals surface area contributed by atoms with Gasteiger partial charge in [0.15, 0.2) is 0 Å². The largest absolute Gasteiger partial charge is 1.00 e. The van der Waals surface area contributed by atoms with Crippen LogP contribution in [-0.4, -0.2) is 0 Å². The molecule has 0 saturated carbocycles. The minimum Gasteiger partial charge on any atom is -1.00 e. The van der Waals surface area contributed by atoms with Gasteiger partial charge in [-0.3, -0.25) is 0 Å². The van der Waals surface area contributed by atoms with Gasteiger partial charge < -0.3 is 24.8 Å². The normalized spacial score (nSPS) is 23.8. The maximum atomic E-state index is 2.49. The van der Waals surface area contributed by atoms with Crippen LogP contribution in [-0.2, 0) is 23.2 Å². The molecule has 0 N–H and O–H groups in total. The number of hydrogen-bond donors (Lipinski definition) is 0. The van der Waals surface area contributed by atoms with Crippen molar-refractivity contribution in [3.63, 3.8) is 0 Å². The summed E-state index contributed by atoms with van der Waals surface area (Å²) in [6.45, 7) is 6.93. The van der Waals surface area contributed by atoms with E-state index in [2.05, 4.69) is 51.2 Å². The predicted molar refractivity (Wildman–Crippen MR) is 71.6 cm³/mol. The number of allylic oxidation sites excluding steroid dienone is 8. The van der Waals surface area contributed by atoms with E-state index in [-0.39, 0.29) is 24.8 Å². The van der Waals surface area contributed by atoms with E-state index in [4.69, 9.17) is 0 Å². The van der Waals surface area contributed by atoms with Crippen LogP contribution in [0.1, 0.15) is 46.5 Å². The third kappa shape index (κ3) is 5.37. The van der Waals surface area contributed by atoms with Gasteiger partial charge in [-0.15, -0.1) is 0 Å². The quantitative estimate of drug-likeness (QED) is 0.588. The van der Waals surface area contributed by atoms with Gasteiger partial charge in [0.05, 0.1) is 0 Å². The molecule has 0 nitrogen and oxygen atoms in total. The smallest absolute Gasteiger partial charge is 1.00 e. The van der Waals surface area contributed by atoms with Crippen LogP contribution < -0.4 is 24.8 Å². The van der Waals surface area contributed by atoms with Crippen LogP contribution in [0.4, 0.5) is 0 Å². The van der Waals surface area contributed by atoms with Gasteiger partial charge in [-0.25, -0.2) is 0 Å². The van der Waals surface area contributed by atoms with E-state index in [9.17, 15) is 0 Å². The SMILES string of the molecule is CCCCC1=[C]([Zr+2][C]2(C)C=CC(C)=C2)CC=C1.[Cl-].[Cl-]. The Morgan fingerprint density at radius 3 is 2.58 bits per heavy atom. The maximum absolute atomic E-state index is 2.49. The molecule has 2 aliphatic carbocycles. The third-order valence-electron chi connectivity index (χ3n) is 3.47. The van der Waals surface area contributed by atoms with Crippen molar-refractivity contribution in [1.82, 2.24) is 0 Å². The number of unbranched alkanes of at least 4 members (excludes halogenated alkanes) is 1. The van der Waals surface area contributed by atoms with Gasteiger partial charge in [-0.05, 0) is 0 Å². The standard InChI is InChI=1S/C9H13.C7H9.2ClH.Zr/c1-2-3-6-9-7-4-5-8-9;1-6-3-4-7(2)5-6;;;/h4,7H,2-3,5-6H2,1H3;3-5H,1-2H3;2*1H;/q;;;;+2/p-2. The monoisotopic (exact) mass is 374 g/mol. The van der Waals surface area contributed by atoms with E-state index in [1.807, 2.05) is 3.28 Å². The Labute approximate surface area is 141 Å². The summed E-state index contributed by atoms with van der Waals surface area (Å²) in [6, 6.07) is 0. The first kappa shape index (κ1) is 19.4. The summed E-state index contributed by atoms with van der Waals surface area (Å²) in [4.78, 5) is 0. The topological polar surface area (TPSA) is 0 Å². The second-order valence-corrected chi connectivity index (χ2v) is 10.1. The number of halogens is 2. The minimum atomic E-state index is -0.496.